The van der Waals surface area contributed by atoms with Crippen molar-refractivity contribution in [3.05, 3.63) is 35.5 Å². The Morgan fingerprint density at radius 3 is 2.81 bits per heavy atom. The SMILES string of the molecule is CC1(C)C2=C(CC=C2)[C@]2(C)O[C@H]1C=CC2=O. The average Bonchev–Trinajstić information content (AvgIpc) is 2.70. The van der Waals surface area contributed by atoms with Gasteiger partial charge in [0.2, 0.25) is 0 Å². The van der Waals surface area contributed by atoms with Crippen LogP contribution < -0.4 is 0 Å². The molecule has 0 fully saturated rings. The van der Waals surface area contributed by atoms with Crippen LogP contribution in [0.3, 0.4) is 0 Å². The molecule has 0 radical (unpaired) electrons. The van der Waals surface area contributed by atoms with Crippen LogP contribution in [0.15, 0.2) is 35.5 Å². The van der Waals surface area contributed by atoms with E-state index in [-0.39, 0.29) is 17.3 Å². The standard InChI is InChI=1S/C14H16O2/c1-13(2)9-5-4-6-10(9)14(3)11(15)7-8-12(13)16-14/h4-5,7-8,12H,6H2,1-3H3/t12-,14-/m0/s1. The summed E-state index contributed by atoms with van der Waals surface area (Å²) < 4.78 is 6.02. The molecule has 0 aromatic heterocycles. The minimum Gasteiger partial charge on any atom is -0.354 e. The molecule has 16 heavy (non-hydrogen) atoms. The summed E-state index contributed by atoms with van der Waals surface area (Å²) in [5.41, 5.74) is 1.71. The summed E-state index contributed by atoms with van der Waals surface area (Å²) in [5.74, 6) is 0.0791. The summed E-state index contributed by atoms with van der Waals surface area (Å²) in [5, 5.41) is 0. The van der Waals surface area contributed by atoms with E-state index in [1.54, 1.807) is 6.08 Å². The molecule has 1 aliphatic carbocycles. The molecule has 0 aromatic rings. The van der Waals surface area contributed by atoms with Gasteiger partial charge in [0.1, 0.15) is 0 Å². The van der Waals surface area contributed by atoms with Crippen molar-refractivity contribution in [1.82, 2.24) is 0 Å². The van der Waals surface area contributed by atoms with Gasteiger partial charge in [-0.1, -0.05) is 32.1 Å². The van der Waals surface area contributed by atoms with Crippen LogP contribution in [0.4, 0.5) is 0 Å². The number of ketones is 1. The maximum atomic E-state index is 12.0. The normalized spacial score (nSPS) is 39.2. The molecule has 3 rings (SSSR count). The lowest BCUT2D eigenvalue weighted by molar-refractivity contribution is -0.148. The van der Waals surface area contributed by atoms with Crippen molar-refractivity contribution >= 4 is 5.78 Å². The Morgan fingerprint density at radius 1 is 1.31 bits per heavy atom. The van der Waals surface area contributed by atoms with Crippen LogP contribution in [-0.4, -0.2) is 17.5 Å². The summed E-state index contributed by atoms with van der Waals surface area (Å²) in [6.07, 6.45) is 8.75. The third-order valence-electron chi connectivity index (χ3n) is 4.17. The second-order valence-corrected chi connectivity index (χ2v) is 5.52. The predicted molar refractivity (Wildman–Crippen MR) is 62.0 cm³/mol. The van der Waals surface area contributed by atoms with E-state index in [4.69, 9.17) is 4.74 Å². The first-order valence-electron chi connectivity index (χ1n) is 5.77. The maximum absolute atomic E-state index is 12.0. The van der Waals surface area contributed by atoms with Crippen molar-refractivity contribution in [3.8, 4) is 0 Å². The molecular formula is C14H16O2. The fourth-order valence-corrected chi connectivity index (χ4v) is 3.01. The second-order valence-electron chi connectivity index (χ2n) is 5.52. The molecule has 3 aliphatic rings. The fourth-order valence-electron chi connectivity index (χ4n) is 3.01. The molecule has 0 saturated carbocycles. The number of carbonyl (C=O) groups excluding carboxylic acids is 1. The Kier molecular flexibility index (Phi) is 1.72. The van der Waals surface area contributed by atoms with Gasteiger partial charge in [0, 0.05) is 5.41 Å². The summed E-state index contributed by atoms with van der Waals surface area (Å²) in [6, 6.07) is 0. The lowest BCUT2D eigenvalue weighted by Crippen LogP contribution is -2.53. The molecule has 0 N–H and O–H groups in total. The summed E-state index contributed by atoms with van der Waals surface area (Å²) >= 11 is 0. The van der Waals surface area contributed by atoms with Crippen LogP contribution in [0.2, 0.25) is 0 Å². The molecule has 2 heterocycles. The van der Waals surface area contributed by atoms with Gasteiger partial charge in [-0.3, -0.25) is 4.79 Å². The Balaban J connectivity index is 2.25. The Morgan fingerprint density at radius 2 is 2.06 bits per heavy atom. The zero-order valence-electron chi connectivity index (χ0n) is 9.91. The van der Waals surface area contributed by atoms with E-state index in [9.17, 15) is 4.79 Å². The second kappa shape index (κ2) is 2.75. The summed E-state index contributed by atoms with van der Waals surface area (Å²) in [6.45, 7) is 6.27. The Bertz CT molecular complexity index is 465. The molecular weight excluding hydrogens is 200 g/mol. The first-order chi connectivity index (χ1) is 7.46. The minimum absolute atomic E-state index is 0.0108. The smallest absolute Gasteiger partial charge is 0.191 e. The topological polar surface area (TPSA) is 26.3 Å². The third-order valence-corrected chi connectivity index (χ3v) is 4.17. The van der Waals surface area contributed by atoms with Crippen LogP contribution in [0.1, 0.15) is 27.2 Å². The van der Waals surface area contributed by atoms with E-state index in [0.29, 0.717) is 0 Å². The maximum Gasteiger partial charge on any atom is 0.191 e. The van der Waals surface area contributed by atoms with Crippen molar-refractivity contribution in [2.45, 2.75) is 38.9 Å². The zero-order valence-corrected chi connectivity index (χ0v) is 9.91. The van der Waals surface area contributed by atoms with Gasteiger partial charge in [-0.25, -0.2) is 0 Å². The number of hydrogen-bond donors (Lipinski definition) is 0. The van der Waals surface area contributed by atoms with Crippen molar-refractivity contribution in [2.75, 3.05) is 0 Å². The van der Waals surface area contributed by atoms with E-state index in [2.05, 4.69) is 26.0 Å². The molecule has 84 valence electrons. The van der Waals surface area contributed by atoms with Crippen molar-refractivity contribution in [1.29, 1.82) is 0 Å². The molecule has 2 nitrogen and oxygen atoms in total. The molecule has 2 heteroatoms. The van der Waals surface area contributed by atoms with Crippen LogP contribution in [0, 0.1) is 5.41 Å². The number of rotatable bonds is 0. The number of carbonyl (C=O) groups is 1. The highest BCUT2D eigenvalue weighted by Gasteiger charge is 2.52. The first-order valence-corrected chi connectivity index (χ1v) is 5.77. The van der Waals surface area contributed by atoms with Crippen molar-refractivity contribution in [2.24, 2.45) is 5.41 Å². The van der Waals surface area contributed by atoms with E-state index >= 15 is 0 Å². The van der Waals surface area contributed by atoms with Crippen LogP contribution in [0.25, 0.3) is 0 Å². The predicted octanol–water partition coefficient (Wildman–Crippen LogP) is 2.57. The average molecular weight is 216 g/mol. The quantitative estimate of drug-likeness (QED) is 0.622. The van der Waals surface area contributed by atoms with E-state index in [0.717, 1.165) is 12.0 Å². The highest BCUT2D eigenvalue weighted by molar-refractivity contribution is 6.01. The number of ether oxygens (including phenoxy) is 1. The van der Waals surface area contributed by atoms with Crippen LogP contribution >= 0.6 is 0 Å². The number of fused-ring (bicyclic) bond motifs is 3. The van der Waals surface area contributed by atoms with E-state index < -0.39 is 5.60 Å². The van der Waals surface area contributed by atoms with Crippen LogP contribution in [0.5, 0.6) is 0 Å². The summed E-state index contributed by atoms with van der Waals surface area (Å²) in [7, 11) is 0. The van der Waals surface area contributed by atoms with E-state index in [1.807, 2.05) is 13.0 Å². The highest BCUT2D eigenvalue weighted by atomic mass is 16.5. The Labute approximate surface area is 95.7 Å². The highest BCUT2D eigenvalue weighted by Crippen LogP contribution is 2.51. The molecule has 0 aromatic carbocycles. The molecule has 0 saturated heterocycles. The molecule has 2 bridgehead atoms. The van der Waals surface area contributed by atoms with Gasteiger partial charge >= 0.3 is 0 Å². The van der Waals surface area contributed by atoms with Gasteiger partial charge in [0.25, 0.3) is 0 Å². The molecule has 2 atom stereocenters. The van der Waals surface area contributed by atoms with Crippen molar-refractivity contribution < 1.29 is 9.53 Å². The Hall–Kier alpha value is -1.15. The minimum atomic E-state index is -0.715. The molecule has 0 amide bonds. The van der Waals surface area contributed by atoms with Gasteiger partial charge in [-0.2, -0.15) is 0 Å². The third kappa shape index (κ3) is 0.983. The van der Waals surface area contributed by atoms with Gasteiger partial charge in [0.15, 0.2) is 11.4 Å². The monoisotopic (exact) mass is 216 g/mol. The molecule has 0 unspecified atom stereocenters. The van der Waals surface area contributed by atoms with Crippen molar-refractivity contribution in [3.63, 3.8) is 0 Å². The summed E-state index contributed by atoms with van der Waals surface area (Å²) in [4.78, 5) is 12.0. The number of allylic oxidation sites excluding steroid dienone is 2. The fraction of sp³-hybridized carbons (Fsp3) is 0.500. The van der Waals surface area contributed by atoms with Crippen LogP contribution in [-0.2, 0) is 9.53 Å². The van der Waals surface area contributed by atoms with E-state index in [1.165, 1.54) is 5.57 Å². The largest absolute Gasteiger partial charge is 0.354 e. The first kappa shape index (κ1) is 10.0. The van der Waals surface area contributed by atoms with Gasteiger partial charge in [-0.15, -0.1) is 0 Å². The van der Waals surface area contributed by atoms with Gasteiger partial charge in [-0.05, 0) is 30.6 Å². The zero-order chi connectivity index (χ0) is 11.6. The lowest BCUT2D eigenvalue weighted by atomic mass is 9.69. The van der Waals surface area contributed by atoms with Gasteiger partial charge < -0.3 is 4.74 Å². The lowest BCUT2D eigenvalue weighted by Gasteiger charge is -2.48. The molecule has 2 aliphatic heterocycles. The molecule has 0 spiro atoms. The number of hydrogen-bond acceptors (Lipinski definition) is 2. The van der Waals surface area contributed by atoms with Gasteiger partial charge in [0.05, 0.1) is 6.10 Å².